The van der Waals surface area contributed by atoms with Crippen LogP contribution in [0, 0.1) is 6.92 Å². The van der Waals surface area contributed by atoms with Crippen LogP contribution in [0.2, 0.25) is 0 Å². The number of imidazole rings is 1. The van der Waals surface area contributed by atoms with Crippen LogP contribution in [0.5, 0.6) is 0 Å². The van der Waals surface area contributed by atoms with Gasteiger partial charge in [0.1, 0.15) is 0 Å². The Morgan fingerprint density at radius 2 is 2.21 bits per heavy atom. The highest BCUT2D eigenvalue weighted by atomic mass is 32.1. The minimum Gasteiger partial charge on any atom is -0.353 e. The summed E-state index contributed by atoms with van der Waals surface area (Å²) in [7, 11) is 0. The van der Waals surface area contributed by atoms with Crippen LogP contribution in [0.3, 0.4) is 0 Å². The Labute approximate surface area is 118 Å². The van der Waals surface area contributed by atoms with Crippen LogP contribution in [0.1, 0.15) is 49.2 Å². The quantitative estimate of drug-likeness (QED) is 0.905. The average Bonchev–Trinajstić information content (AvgIpc) is 3.10. The van der Waals surface area contributed by atoms with Crippen LogP contribution in [0.25, 0.3) is 0 Å². The molecule has 2 heterocycles. The second-order valence-corrected chi connectivity index (χ2v) is 6.41. The number of nitrogens with one attached hydrogen (secondary N) is 1. The molecule has 4 heteroatoms. The number of anilines is 1. The molecule has 1 N–H and O–H groups in total. The molecule has 1 aliphatic rings. The molecule has 0 radical (unpaired) electrons. The number of hydrogen-bond donors (Lipinski definition) is 1. The number of thiophene rings is 1. The maximum atomic E-state index is 4.66. The van der Waals surface area contributed by atoms with Gasteiger partial charge in [-0.05, 0) is 38.1 Å². The first kappa shape index (κ1) is 12.7. The van der Waals surface area contributed by atoms with Crippen molar-refractivity contribution in [2.75, 3.05) is 5.32 Å². The highest BCUT2D eigenvalue weighted by molar-refractivity contribution is 7.10. The highest BCUT2D eigenvalue weighted by Gasteiger charge is 2.19. The molecule has 2 aromatic heterocycles. The Balaban J connectivity index is 1.84. The van der Waals surface area contributed by atoms with E-state index in [1.165, 1.54) is 30.6 Å². The van der Waals surface area contributed by atoms with E-state index in [1.54, 1.807) is 0 Å². The van der Waals surface area contributed by atoms with Crippen molar-refractivity contribution in [3.8, 4) is 0 Å². The summed E-state index contributed by atoms with van der Waals surface area (Å²) in [5.74, 6) is 1.03. The van der Waals surface area contributed by atoms with Crippen LogP contribution in [0.15, 0.2) is 23.7 Å². The van der Waals surface area contributed by atoms with E-state index in [0.717, 1.165) is 11.6 Å². The maximum Gasteiger partial charge on any atom is 0.203 e. The van der Waals surface area contributed by atoms with Gasteiger partial charge in [-0.25, -0.2) is 4.98 Å². The van der Waals surface area contributed by atoms with E-state index >= 15 is 0 Å². The third-order valence-electron chi connectivity index (χ3n) is 3.91. The van der Waals surface area contributed by atoms with E-state index in [9.17, 15) is 0 Å². The normalized spacial score (nSPS) is 17.8. The molecule has 0 amide bonds. The van der Waals surface area contributed by atoms with Crippen molar-refractivity contribution in [2.24, 2.45) is 0 Å². The second kappa shape index (κ2) is 5.37. The lowest BCUT2D eigenvalue weighted by atomic mass is 10.2. The molecule has 3 nitrogen and oxygen atoms in total. The average molecular weight is 275 g/mol. The molecule has 3 rings (SSSR count). The van der Waals surface area contributed by atoms with Crippen LogP contribution in [0.4, 0.5) is 5.95 Å². The lowest BCUT2D eigenvalue weighted by molar-refractivity contribution is 0.639. The van der Waals surface area contributed by atoms with E-state index < -0.39 is 0 Å². The zero-order valence-electron chi connectivity index (χ0n) is 11.6. The zero-order chi connectivity index (χ0) is 13.2. The van der Waals surface area contributed by atoms with Crippen molar-refractivity contribution < 1.29 is 0 Å². The molecule has 1 atom stereocenters. The van der Waals surface area contributed by atoms with E-state index in [4.69, 9.17) is 0 Å². The molecule has 0 aliphatic heterocycles. The molecule has 102 valence electrons. The molecule has 0 spiro atoms. The Hall–Kier alpha value is -1.29. The summed E-state index contributed by atoms with van der Waals surface area (Å²) in [6, 6.07) is 5.27. The van der Waals surface area contributed by atoms with E-state index in [0.29, 0.717) is 12.1 Å². The molecule has 0 saturated heterocycles. The predicted octanol–water partition coefficient (Wildman–Crippen LogP) is 4.22. The van der Waals surface area contributed by atoms with Gasteiger partial charge in [0.05, 0.1) is 11.7 Å². The smallest absolute Gasteiger partial charge is 0.203 e. The summed E-state index contributed by atoms with van der Waals surface area (Å²) in [5.41, 5.74) is 1.09. The van der Waals surface area contributed by atoms with Crippen molar-refractivity contribution in [1.29, 1.82) is 0 Å². The Morgan fingerprint density at radius 1 is 1.42 bits per heavy atom. The van der Waals surface area contributed by atoms with Gasteiger partial charge in [-0.15, -0.1) is 11.3 Å². The minimum absolute atomic E-state index is 0.352. The first-order valence-electron chi connectivity index (χ1n) is 7.09. The summed E-state index contributed by atoms with van der Waals surface area (Å²) < 4.78 is 2.28. The van der Waals surface area contributed by atoms with Crippen LogP contribution in [-0.4, -0.2) is 15.6 Å². The Kier molecular flexibility index (Phi) is 3.60. The van der Waals surface area contributed by atoms with Gasteiger partial charge in [0, 0.05) is 17.1 Å². The lowest BCUT2D eigenvalue weighted by Crippen LogP contribution is -2.19. The lowest BCUT2D eigenvalue weighted by Gasteiger charge is -2.18. The summed E-state index contributed by atoms with van der Waals surface area (Å²) in [5, 5.41) is 5.77. The molecule has 0 bridgehead atoms. The van der Waals surface area contributed by atoms with Gasteiger partial charge < -0.3 is 9.88 Å². The summed E-state index contributed by atoms with van der Waals surface area (Å²) >= 11 is 1.81. The molecule has 19 heavy (non-hydrogen) atoms. The molecule has 1 saturated carbocycles. The largest absolute Gasteiger partial charge is 0.353 e. The number of rotatable bonds is 4. The van der Waals surface area contributed by atoms with Crippen molar-refractivity contribution >= 4 is 17.3 Å². The molecule has 1 unspecified atom stereocenters. The fraction of sp³-hybridized carbons (Fsp3) is 0.533. The first-order chi connectivity index (χ1) is 9.24. The summed E-state index contributed by atoms with van der Waals surface area (Å²) in [4.78, 5) is 6.04. The van der Waals surface area contributed by atoms with E-state index in [1.807, 2.05) is 11.3 Å². The Morgan fingerprint density at radius 3 is 2.89 bits per heavy atom. The summed E-state index contributed by atoms with van der Waals surface area (Å²) in [6.45, 7) is 4.31. The third kappa shape index (κ3) is 2.68. The zero-order valence-corrected chi connectivity index (χ0v) is 12.4. The SMILES string of the molecule is Cc1cn(C(C)c2cccs2)c(NC2CCCC2)n1. The van der Waals surface area contributed by atoms with Gasteiger partial charge in [-0.2, -0.15) is 0 Å². The standard InChI is InChI=1S/C15H21N3S/c1-11-10-18(12(2)14-8-5-9-19-14)15(16-11)17-13-6-3-4-7-13/h5,8-10,12-13H,3-4,6-7H2,1-2H3,(H,16,17). The highest BCUT2D eigenvalue weighted by Crippen LogP contribution is 2.28. The number of nitrogens with zero attached hydrogens (tertiary/aromatic N) is 2. The molecule has 0 aromatic carbocycles. The van der Waals surface area contributed by atoms with E-state index in [2.05, 4.69) is 52.4 Å². The predicted molar refractivity (Wildman–Crippen MR) is 81.0 cm³/mol. The van der Waals surface area contributed by atoms with Crippen LogP contribution >= 0.6 is 11.3 Å². The molecule has 1 fully saturated rings. The fourth-order valence-corrected chi connectivity index (χ4v) is 3.62. The Bertz CT molecular complexity index is 524. The maximum absolute atomic E-state index is 4.66. The number of hydrogen-bond acceptors (Lipinski definition) is 3. The van der Waals surface area contributed by atoms with Gasteiger partial charge in [0.2, 0.25) is 5.95 Å². The summed E-state index contributed by atoms with van der Waals surface area (Å²) in [6.07, 6.45) is 7.40. The molecule has 1 aliphatic carbocycles. The molecular weight excluding hydrogens is 254 g/mol. The second-order valence-electron chi connectivity index (χ2n) is 5.43. The monoisotopic (exact) mass is 275 g/mol. The topological polar surface area (TPSA) is 29.9 Å². The molecular formula is C15H21N3S. The van der Waals surface area contributed by atoms with Crippen LogP contribution in [-0.2, 0) is 0 Å². The van der Waals surface area contributed by atoms with Crippen molar-refractivity contribution in [3.63, 3.8) is 0 Å². The van der Waals surface area contributed by atoms with Gasteiger partial charge in [-0.3, -0.25) is 0 Å². The van der Waals surface area contributed by atoms with Gasteiger partial charge in [0.25, 0.3) is 0 Å². The molecule has 2 aromatic rings. The number of aromatic nitrogens is 2. The van der Waals surface area contributed by atoms with Gasteiger partial charge in [-0.1, -0.05) is 18.9 Å². The van der Waals surface area contributed by atoms with Crippen LogP contribution < -0.4 is 5.32 Å². The van der Waals surface area contributed by atoms with Gasteiger partial charge >= 0.3 is 0 Å². The van der Waals surface area contributed by atoms with E-state index in [-0.39, 0.29) is 0 Å². The number of aryl methyl sites for hydroxylation is 1. The third-order valence-corrected chi connectivity index (χ3v) is 4.96. The van der Waals surface area contributed by atoms with Crippen molar-refractivity contribution in [3.05, 3.63) is 34.3 Å². The fourth-order valence-electron chi connectivity index (χ4n) is 2.84. The minimum atomic E-state index is 0.352. The van der Waals surface area contributed by atoms with Gasteiger partial charge in [0.15, 0.2) is 0 Å². The van der Waals surface area contributed by atoms with Crippen molar-refractivity contribution in [1.82, 2.24) is 9.55 Å². The first-order valence-corrected chi connectivity index (χ1v) is 7.97. The van der Waals surface area contributed by atoms with Crippen molar-refractivity contribution in [2.45, 2.75) is 51.6 Å².